The normalized spacial score (nSPS) is 10.7. The van der Waals surface area contributed by atoms with Crippen molar-refractivity contribution in [2.45, 2.75) is 0 Å². The molecule has 0 radical (unpaired) electrons. The summed E-state index contributed by atoms with van der Waals surface area (Å²) in [5.41, 5.74) is 5.11. The molecule has 0 amide bonds. The molecule has 4 nitrogen and oxygen atoms in total. The van der Waals surface area contributed by atoms with Crippen LogP contribution in [0.4, 0.5) is 11.4 Å². The number of hydrogen-bond donors (Lipinski definition) is 1. The van der Waals surface area contributed by atoms with E-state index in [-0.39, 0.29) is 0 Å². The van der Waals surface area contributed by atoms with Crippen LogP contribution in [0.25, 0.3) is 16.7 Å². The van der Waals surface area contributed by atoms with E-state index in [1.54, 1.807) is 12.4 Å². The molecule has 0 saturated carbocycles. The third-order valence-corrected chi connectivity index (χ3v) is 3.53. The molecule has 106 valence electrons. The molecular formula is C18H14N4. The average Bonchev–Trinajstić information content (AvgIpc) is 3.00. The highest BCUT2D eigenvalue weighted by Gasteiger charge is 2.05. The standard InChI is InChI=1S/C18H14N4/c1-2-6-16(7-3-1)22-13-20-17-11-14(8-9-18(17)22)21-15-5-4-10-19-12-15/h1-13,21H. The molecule has 0 aliphatic heterocycles. The minimum Gasteiger partial charge on any atom is -0.354 e. The summed E-state index contributed by atoms with van der Waals surface area (Å²) in [5, 5.41) is 3.33. The fourth-order valence-electron chi connectivity index (χ4n) is 2.49. The van der Waals surface area contributed by atoms with Gasteiger partial charge in [0, 0.05) is 17.6 Å². The van der Waals surface area contributed by atoms with Gasteiger partial charge in [0.15, 0.2) is 0 Å². The lowest BCUT2D eigenvalue weighted by Gasteiger charge is -2.07. The van der Waals surface area contributed by atoms with Gasteiger partial charge in [-0.3, -0.25) is 9.55 Å². The SMILES string of the molecule is c1ccc(-n2cnc3cc(Nc4cccnc4)ccc32)cc1. The lowest BCUT2D eigenvalue weighted by molar-refractivity contribution is 1.09. The second kappa shape index (κ2) is 5.33. The molecule has 2 heterocycles. The first-order valence-electron chi connectivity index (χ1n) is 7.10. The molecule has 0 atom stereocenters. The van der Waals surface area contributed by atoms with E-state index in [2.05, 4.69) is 44.1 Å². The number of rotatable bonds is 3. The van der Waals surface area contributed by atoms with E-state index in [0.29, 0.717) is 0 Å². The van der Waals surface area contributed by atoms with Crippen LogP contribution in [0.2, 0.25) is 0 Å². The number of para-hydroxylation sites is 1. The summed E-state index contributed by atoms with van der Waals surface area (Å²) in [6.07, 6.45) is 5.41. The quantitative estimate of drug-likeness (QED) is 0.615. The molecule has 0 spiro atoms. The predicted octanol–water partition coefficient (Wildman–Crippen LogP) is 4.16. The summed E-state index contributed by atoms with van der Waals surface area (Å²) in [6.45, 7) is 0. The molecular weight excluding hydrogens is 272 g/mol. The number of nitrogens with one attached hydrogen (secondary N) is 1. The molecule has 4 rings (SSSR count). The minimum atomic E-state index is 0.956. The van der Waals surface area contributed by atoms with Crippen LogP contribution in [0, 0.1) is 0 Å². The van der Waals surface area contributed by atoms with E-state index in [9.17, 15) is 0 Å². The maximum Gasteiger partial charge on any atom is 0.100 e. The molecule has 0 aliphatic carbocycles. The van der Waals surface area contributed by atoms with E-state index >= 15 is 0 Å². The largest absolute Gasteiger partial charge is 0.354 e. The van der Waals surface area contributed by atoms with E-state index in [4.69, 9.17) is 0 Å². The van der Waals surface area contributed by atoms with Gasteiger partial charge in [-0.1, -0.05) is 18.2 Å². The summed E-state index contributed by atoms with van der Waals surface area (Å²) >= 11 is 0. The van der Waals surface area contributed by atoms with Crippen LogP contribution in [0.3, 0.4) is 0 Å². The lowest BCUT2D eigenvalue weighted by atomic mass is 10.2. The highest BCUT2D eigenvalue weighted by Crippen LogP contribution is 2.23. The van der Waals surface area contributed by atoms with E-state index < -0.39 is 0 Å². The maximum atomic E-state index is 4.50. The topological polar surface area (TPSA) is 42.7 Å². The van der Waals surface area contributed by atoms with Gasteiger partial charge in [0.05, 0.1) is 22.9 Å². The number of fused-ring (bicyclic) bond motifs is 1. The number of aromatic nitrogens is 3. The van der Waals surface area contributed by atoms with Gasteiger partial charge < -0.3 is 5.32 Å². The van der Waals surface area contributed by atoms with Crippen molar-refractivity contribution < 1.29 is 0 Å². The Balaban J connectivity index is 1.71. The third-order valence-electron chi connectivity index (χ3n) is 3.53. The van der Waals surface area contributed by atoms with Crippen LogP contribution in [0.5, 0.6) is 0 Å². The summed E-state index contributed by atoms with van der Waals surface area (Å²) in [7, 11) is 0. The number of pyridine rings is 1. The number of anilines is 2. The molecule has 2 aromatic heterocycles. The summed E-state index contributed by atoms with van der Waals surface area (Å²) in [4.78, 5) is 8.61. The van der Waals surface area contributed by atoms with Gasteiger partial charge in [0.25, 0.3) is 0 Å². The molecule has 22 heavy (non-hydrogen) atoms. The summed E-state index contributed by atoms with van der Waals surface area (Å²) < 4.78 is 2.09. The molecule has 0 saturated heterocycles. The lowest BCUT2D eigenvalue weighted by Crippen LogP contribution is -1.92. The van der Waals surface area contributed by atoms with Gasteiger partial charge in [-0.05, 0) is 42.5 Å². The molecule has 0 bridgehead atoms. The second-order valence-corrected chi connectivity index (χ2v) is 5.02. The van der Waals surface area contributed by atoms with Crippen molar-refractivity contribution >= 4 is 22.4 Å². The highest BCUT2D eigenvalue weighted by molar-refractivity contribution is 5.82. The molecule has 0 aliphatic rings. The van der Waals surface area contributed by atoms with Crippen LogP contribution in [0.1, 0.15) is 0 Å². The van der Waals surface area contributed by atoms with Crippen molar-refractivity contribution in [3.8, 4) is 5.69 Å². The Hall–Kier alpha value is -3.14. The van der Waals surface area contributed by atoms with Crippen LogP contribution >= 0.6 is 0 Å². The fourth-order valence-corrected chi connectivity index (χ4v) is 2.49. The Morgan fingerprint density at radius 3 is 2.59 bits per heavy atom. The van der Waals surface area contributed by atoms with Crippen molar-refractivity contribution in [1.82, 2.24) is 14.5 Å². The van der Waals surface area contributed by atoms with Gasteiger partial charge in [-0.25, -0.2) is 4.98 Å². The first-order valence-corrected chi connectivity index (χ1v) is 7.10. The van der Waals surface area contributed by atoms with Crippen LogP contribution in [-0.4, -0.2) is 14.5 Å². The Morgan fingerprint density at radius 2 is 1.77 bits per heavy atom. The van der Waals surface area contributed by atoms with E-state index in [1.807, 2.05) is 42.7 Å². The van der Waals surface area contributed by atoms with Gasteiger partial charge in [-0.15, -0.1) is 0 Å². The van der Waals surface area contributed by atoms with Crippen LogP contribution < -0.4 is 5.32 Å². The number of hydrogen-bond acceptors (Lipinski definition) is 3. The van der Waals surface area contributed by atoms with E-state index in [1.165, 1.54) is 0 Å². The zero-order valence-electron chi connectivity index (χ0n) is 11.8. The van der Waals surface area contributed by atoms with Crippen LogP contribution in [-0.2, 0) is 0 Å². The minimum absolute atomic E-state index is 0.956. The van der Waals surface area contributed by atoms with Crippen molar-refractivity contribution in [1.29, 1.82) is 0 Å². The number of imidazole rings is 1. The Kier molecular flexibility index (Phi) is 3.05. The zero-order valence-corrected chi connectivity index (χ0v) is 11.8. The van der Waals surface area contributed by atoms with Crippen LogP contribution in [0.15, 0.2) is 79.4 Å². The highest BCUT2D eigenvalue weighted by atomic mass is 15.0. The first-order chi connectivity index (χ1) is 10.9. The third kappa shape index (κ3) is 2.31. The molecule has 2 aromatic carbocycles. The summed E-state index contributed by atoms with van der Waals surface area (Å²) in [5.74, 6) is 0. The maximum absolute atomic E-state index is 4.50. The average molecular weight is 286 g/mol. The van der Waals surface area contributed by atoms with Crippen molar-refractivity contribution in [2.75, 3.05) is 5.32 Å². The van der Waals surface area contributed by atoms with Gasteiger partial charge in [0.2, 0.25) is 0 Å². The smallest absolute Gasteiger partial charge is 0.100 e. The fraction of sp³-hybridized carbons (Fsp3) is 0. The van der Waals surface area contributed by atoms with Gasteiger partial charge in [-0.2, -0.15) is 0 Å². The molecule has 0 fully saturated rings. The van der Waals surface area contributed by atoms with Crippen molar-refractivity contribution in [3.05, 3.63) is 79.4 Å². The van der Waals surface area contributed by atoms with E-state index in [0.717, 1.165) is 28.1 Å². The molecule has 1 N–H and O–H groups in total. The predicted molar refractivity (Wildman–Crippen MR) is 88.6 cm³/mol. The Morgan fingerprint density at radius 1 is 0.864 bits per heavy atom. The molecule has 4 heteroatoms. The monoisotopic (exact) mass is 286 g/mol. The number of benzene rings is 2. The first kappa shape index (κ1) is 12.6. The zero-order chi connectivity index (χ0) is 14.8. The molecule has 4 aromatic rings. The Bertz CT molecular complexity index is 898. The summed E-state index contributed by atoms with van der Waals surface area (Å²) in [6, 6.07) is 20.3. The second-order valence-electron chi connectivity index (χ2n) is 5.02. The van der Waals surface area contributed by atoms with Crippen molar-refractivity contribution in [3.63, 3.8) is 0 Å². The van der Waals surface area contributed by atoms with Gasteiger partial charge in [0.1, 0.15) is 6.33 Å². The number of nitrogens with zero attached hydrogens (tertiary/aromatic N) is 3. The molecule has 0 unspecified atom stereocenters. The Labute approximate surface area is 128 Å². The van der Waals surface area contributed by atoms with Gasteiger partial charge >= 0.3 is 0 Å². The van der Waals surface area contributed by atoms with Crippen molar-refractivity contribution in [2.24, 2.45) is 0 Å².